The molecule has 3 rings (SSSR count). The second-order valence-electron chi connectivity index (χ2n) is 16.2. The number of rotatable bonds is 16. The first-order valence-corrected chi connectivity index (χ1v) is 18.8. The third-order valence-electron chi connectivity index (χ3n) is 9.61. The summed E-state index contributed by atoms with van der Waals surface area (Å²) in [4.78, 5) is 96.3. The fourth-order valence-corrected chi connectivity index (χ4v) is 6.95. The topological polar surface area (TPSA) is 183 Å². The van der Waals surface area contributed by atoms with Gasteiger partial charge in [0.15, 0.2) is 0 Å². The Morgan fingerprint density at radius 3 is 2.11 bits per heavy atom. The number of carbonyl (C=O) groups excluding carboxylic acids is 7. The van der Waals surface area contributed by atoms with E-state index in [0.29, 0.717) is 12.0 Å². The van der Waals surface area contributed by atoms with E-state index in [0.717, 1.165) is 32.1 Å². The molecule has 53 heavy (non-hydrogen) atoms. The van der Waals surface area contributed by atoms with Crippen LogP contribution in [-0.4, -0.2) is 103 Å². The molecule has 1 aromatic carbocycles. The summed E-state index contributed by atoms with van der Waals surface area (Å²) in [5.74, 6) is -4.11. The Labute approximate surface area is 313 Å². The first-order valence-electron chi connectivity index (χ1n) is 18.8. The van der Waals surface area contributed by atoms with E-state index in [4.69, 9.17) is 4.74 Å². The summed E-state index contributed by atoms with van der Waals surface area (Å²) < 4.78 is 5.37. The first-order chi connectivity index (χ1) is 24.9. The van der Waals surface area contributed by atoms with Crippen LogP contribution in [0.25, 0.3) is 0 Å². The van der Waals surface area contributed by atoms with E-state index in [1.807, 2.05) is 41.5 Å². The van der Waals surface area contributed by atoms with E-state index >= 15 is 0 Å². The van der Waals surface area contributed by atoms with Crippen molar-refractivity contribution in [1.82, 2.24) is 31.1 Å². The lowest BCUT2D eigenvalue weighted by molar-refractivity contribution is -0.143. The molecule has 294 valence electrons. The minimum Gasteiger partial charge on any atom is -0.449 e. The van der Waals surface area contributed by atoms with Gasteiger partial charge < -0.3 is 35.8 Å². The molecule has 2 unspecified atom stereocenters. The Balaban J connectivity index is 1.74. The van der Waals surface area contributed by atoms with Crippen LogP contribution in [0, 0.1) is 23.2 Å². The van der Waals surface area contributed by atoms with Crippen LogP contribution in [0.1, 0.15) is 98.1 Å². The van der Waals surface area contributed by atoms with Crippen molar-refractivity contribution in [3.05, 3.63) is 35.9 Å². The van der Waals surface area contributed by atoms with Crippen molar-refractivity contribution in [2.75, 3.05) is 33.8 Å². The third-order valence-corrected chi connectivity index (χ3v) is 9.61. The lowest BCUT2D eigenvalue weighted by Gasteiger charge is -2.35. The Morgan fingerprint density at radius 1 is 0.887 bits per heavy atom. The molecule has 4 atom stereocenters. The van der Waals surface area contributed by atoms with Gasteiger partial charge in [-0.2, -0.15) is 0 Å². The number of likely N-dealkylation sites (N-methyl/N-ethyl adjacent to an activating group) is 1. The Kier molecular flexibility index (Phi) is 15.8. The van der Waals surface area contributed by atoms with E-state index < -0.39 is 65.7 Å². The average molecular weight is 741 g/mol. The number of likely N-dealkylation sites (tertiary alicyclic amines) is 1. The zero-order chi connectivity index (χ0) is 39.5. The number of hydrogen-bond donors (Lipinski definition) is 4. The van der Waals surface area contributed by atoms with Gasteiger partial charge in [0.25, 0.3) is 5.91 Å². The summed E-state index contributed by atoms with van der Waals surface area (Å²) in [5, 5.41) is 10.5. The Hall–Kier alpha value is -4.49. The van der Waals surface area contributed by atoms with Gasteiger partial charge in [0, 0.05) is 20.6 Å². The molecule has 0 aromatic heterocycles. The molecule has 1 aliphatic heterocycles. The van der Waals surface area contributed by atoms with Crippen LogP contribution in [0.5, 0.6) is 0 Å². The van der Waals surface area contributed by atoms with Gasteiger partial charge in [0.2, 0.25) is 29.4 Å². The second kappa shape index (κ2) is 19.5. The number of alkyl carbamates (subject to hydrolysis) is 1. The van der Waals surface area contributed by atoms with Gasteiger partial charge in [-0.05, 0) is 54.4 Å². The van der Waals surface area contributed by atoms with Crippen molar-refractivity contribution in [3.8, 4) is 0 Å². The molecule has 2 fully saturated rings. The van der Waals surface area contributed by atoms with Gasteiger partial charge in [-0.25, -0.2) is 4.79 Å². The quantitative estimate of drug-likeness (QED) is 0.187. The molecule has 0 radical (unpaired) electrons. The zero-order valence-electron chi connectivity index (χ0n) is 32.7. The van der Waals surface area contributed by atoms with Crippen molar-refractivity contribution >= 4 is 41.4 Å². The summed E-state index contributed by atoms with van der Waals surface area (Å²) in [6.07, 6.45) is 4.18. The van der Waals surface area contributed by atoms with Crippen LogP contribution >= 0.6 is 0 Å². The molecule has 14 nitrogen and oxygen atoms in total. The highest BCUT2D eigenvalue weighted by atomic mass is 16.5. The highest BCUT2D eigenvalue weighted by Crippen LogP contribution is 2.36. The summed E-state index contributed by atoms with van der Waals surface area (Å²) in [5.41, 5.74) is 0.108. The van der Waals surface area contributed by atoms with E-state index in [1.165, 1.54) is 9.80 Å². The maximum Gasteiger partial charge on any atom is 0.407 e. The largest absolute Gasteiger partial charge is 0.449 e. The van der Waals surface area contributed by atoms with Gasteiger partial charge in [-0.15, -0.1) is 0 Å². The molecule has 14 heteroatoms. The van der Waals surface area contributed by atoms with Crippen LogP contribution in [0.15, 0.2) is 30.3 Å². The van der Waals surface area contributed by atoms with E-state index in [2.05, 4.69) is 21.3 Å². The highest BCUT2D eigenvalue weighted by molar-refractivity contribution is 6.38. The molecule has 2 aliphatic rings. The smallest absolute Gasteiger partial charge is 0.407 e. The number of nitrogens with zero attached hydrogens (tertiary/aromatic N) is 2. The monoisotopic (exact) mass is 740 g/mol. The van der Waals surface area contributed by atoms with Crippen LogP contribution < -0.4 is 21.3 Å². The zero-order valence-corrected chi connectivity index (χ0v) is 32.7. The van der Waals surface area contributed by atoms with Crippen LogP contribution in [0.2, 0.25) is 0 Å². The number of amides is 6. The molecular weight excluding hydrogens is 680 g/mol. The number of Topliss-reactive ketones (excluding diaryl/α,β-unsaturated/α-hetero) is 1. The van der Waals surface area contributed by atoms with Crippen LogP contribution in [0.4, 0.5) is 4.79 Å². The molecule has 1 aromatic rings. The van der Waals surface area contributed by atoms with Gasteiger partial charge in [0.1, 0.15) is 18.1 Å². The van der Waals surface area contributed by atoms with Gasteiger partial charge in [0.05, 0.1) is 19.2 Å². The minimum atomic E-state index is -1.23. The number of hydrogen-bond acceptors (Lipinski definition) is 8. The number of ether oxygens (including phenoxy) is 1. The van der Waals surface area contributed by atoms with E-state index in [1.54, 1.807) is 44.4 Å². The van der Waals surface area contributed by atoms with Crippen LogP contribution in [-0.2, 0) is 33.5 Å². The molecule has 1 heterocycles. The SMILES string of the molecule is CC(C)COC(=O)N[C@H](C(=O)N1CC(C)(C)CC1C(=O)NC(CC(C)C)C(=O)C(=O)NCC(=O)N[C@H](C(=O)N(C)C)c1ccccc1)C1CCCCC1. The van der Waals surface area contributed by atoms with Crippen LogP contribution in [0.3, 0.4) is 0 Å². The third kappa shape index (κ3) is 12.8. The number of benzene rings is 1. The standard InChI is InChI=1S/C39H60N6O8/c1-24(2)19-28(33(47)35(49)40-21-30(46)42-31(36(50)44(7)8)26-15-11-9-12-16-26)41-34(48)29-20-39(5,6)23-45(29)37(51)32(27-17-13-10-14-18-27)43-38(52)53-22-25(3)4/h9,11-12,15-16,24-25,27-29,31-32H,10,13-14,17-23H2,1-8H3,(H,40,49)(H,41,48)(H,42,46)(H,43,52)/t28?,29?,31-,32-/m0/s1. The molecule has 0 spiro atoms. The number of carbonyl (C=O) groups is 7. The maximum atomic E-state index is 14.3. The molecule has 1 aliphatic carbocycles. The van der Waals surface area contributed by atoms with Crippen molar-refractivity contribution < 1.29 is 38.3 Å². The van der Waals surface area contributed by atoms with Gasteiger partial charge in [-0.3, -0.25) is 28.8 Å². The van der Waals surface area contributed by atoms with E-state index in [-0.39, 0.29) is 49.1 Å². The van der Waals surface area contributed by atoms with Gasteiger partial charge in [-0.1, -0.05) is 91.1 Å². The van der Waals surface area contributed by atoms with Crippen molar-refractivity contribution in [2.24, 2.45) is 23.2 Å². The highest BCUT2D eigenvalue weighted by Gasteiger charge is 2.47. The van der Waals surface area contributed by atoms with Crippen molar-refractivity contribution in [3.63, 3.8) is 0 Å². The summed E-state index contributed by atoms with van der Waals surface area (Å²) in [7, 11) is 3.12. The van der Waals surface area contributed by atoms with Gasteiger partial charge >= 0.3 is 6.09 Å². The average Bonchev–Trinajstić information content (AvgIpc) is 3.45. The lowest BCUT2D eigenvalue weighted by atomic mass is 9.83. The molecular formula is C39H60N6O8. The Bertz CT molecular complexity index is 1460. The molecule has 0 bridgehead atoms. The van der Waals surface area contributed by atoms with E-state index in [9.17, 15) is 33.6 Å². The summed E-state index contributed by atoms with van der Waals surface area (Å²) in [6.45, 7) is 11.3. The predicted octanol–water partition coefficient (Wildman–Crippen LogP) is 3.11. The maximum absolute atomic E-state index is 14.3. The normalized spacial score (nSPS) is 18.8. The number of ketones is 1. The Morgan fingerprint density at radius 2 is 1.53 bits per heavy atom. The minimum absolute atomic E-state index is 0.0986. The lowest BCUT2D eigenvalue weighted by Crippen LogP contribution is -2.58. The predicted molar refractivity (Wildman–Crippen MR) is 199 cm³/mol. The van der Waals surface area contributed by atoms with Crippen molar-refractivity contribution in [1.29, 1.82) is 0 Å². The fraction of sp³-hybridized carbons (Fsp3) is 0.667. The first kappa shape index (κ1) is 42.9. The molecule has 1 saturated carbocycles. The molecule has 1 saturated heterocycles. The second-order valence-corrected chi connectivity index (χ2v) is 16.2. The fourth-order valence-electron chi connectivity index (χ4n) is 6.95. The van der Waals surface area contributed by atoms with Crippen molar-refractivity contribution in [2.45, 2.75) is 111 Å². The molecule has 6 amide bonds. The summed E-state index contributed by atoms with van der Waals surface area (Å²) in [6, 6.07) is 4.60. The number of nitrogens with one attached hydrogen (secondary N) is 4. The molecule has 4 N–H and O–H groups in total. The summed E-state index contributed by atoms with van der Waals surface area (Å²) >= 11 is 0.